The van der Waals surface area contributed by atoms with Crippen LogP contribution >= 0.6 is 0 Å². The highest BCUT2D eigenvalue weighted by molar-refractivity contribution is 5.76. The van der Waals surface area contributed by atoms with Crippen molar-refractivity contribution in [1.82, 2.24) is 10.2 Å². The van der Waals surface area contributed by atoms with Crippen molar-refractivity contribution in [3.63, 3.8) is 0 Å². The minimum atomic E-state index is 0.0609. The molecular weight excluding hydrogens is 244 g/mol. The van der Waals surface area contributed by atoms with Gasteiger partial charge in [0.15, 0.2) is 0 Å². The fourth-order valence-electron chi connectivity index (χ4n) is 2.19. The highest BCUT2D eigenvalue weighted by atomic mass is 16.5. The fourth-order valence-corrected chi connectivity index (χ4v) is 2.19. The molecule has 0 radical (unpaired) electrons. The Bertz CT molecular complexity index is 268. The third-order valence-electron chi connectivity index (χ3n) is 3.23. The van der Waals surface area contributed by atoms with Gasteiger partial charge in [-0.1, -0.05) is 0 Å². The molecule has 0 bridgehead atoms. The lowest BCUT2D eigenvalue weighted by atomic mass is 10.1. The monoisotopic (exact) mass is 272 g/mol. The van der Waals surface area contributed by atoms with Crippen LogP contribution in [0.1, 0.15) is 40.0 Å². The summed E-state index contributed by atoms with van der Waals surface area (Å²) >= 11 is 0. The summed E-state index contributed by atoms with van der Waals surface area (Å²) in [5.41, 5.74) is 0.0609. The first-order valence-electron chi connectivity index (χ1n) is 7.17. The number of likely N-dealkylation sites (tertiary alicyclic amines) is 1. The van der Waals surface area contributed by atoms with Crippen LogP contribution in [0.15, 0.2) is 0 Å². The van der Waals surface area contributed by atoms with E-state index in [-0.39, 0.29) is 24.2 Å². The lowest BCUT2D eigenvalue weighted by Crippen LogP contribution is -2.43. The van der Waals surface area contributed by atoms with Gasteiger partial charge in [-0.25, -0.2) is 0 Å². The van der Waals surface area contributed by atoms with Gasteiger partial charge in [0.2, 0.25) is 5.91 Å². The van der Waals surface area contributed by atoms with Crippen molar-refractivity contribution < 1.29 is 14.6 Å². The van der Waals surface area contributed by atoms with Gasteiger partial charge in [0.25, 0.3) is 0 Å². The van der Waals surface area contributed by atoms with Crippen LogP contribution in [-0.4, -0.2) is 60.4 Å². The summed E-state index contributed by atoms with van der Waals surface area (Å²) < 4.78 is 5.49. The largest absolute Gasteiger partial charge is 0.394 e. The number of aliphatic hydroxyl groups is 1. The zero-order chi connectivity index (χ0) is 14.3. The van der Waals surface area contributed by atoms with Crippen LogP contribution in [0.3, 0.4) is 0 Å². The van der Waals surface area contributed by atoms with E-state index in [1.165, 1.54) is 0 Å². The van der Waals surface area contributed by atoms with E-state index >= 15 is 0 Å². The second-order valence-electron chi connectivity index (χ2n) is 6.10. The quantitative estimate of drug-likeness (QED) is 0.749. The Morgan fingerprint density at radius 1 is 1.37 bits per heavy atom. The summed E-state index contributed by atoms with van der Waals surface area (Å²) in [4.78, 5) is 13.9. The second kappa shape index (κ2) is 7.82. The molecule has 1 aliphatic rings. The smallest absolute Gasteiger partial charge is 0.223 e. The Labute approximate surface area is 116 Å². The van der Waals surface area contributed by atoms with Crippen molar-refractivity contribution in [2.24, 2.45) is 0 Å². The van der Waals surface area contributed by atoms with Crippen molar-refractivity contribution in [3.05, 3.63) is 0 Å². The molecule has 1 amide bonds. The van der Waals surface area contributed by atoms with Crippen molar-refractivity contribution in [2.45, 2.75) is 51.7 Å². The van der Waals surface area contributed by atoms with Crippen molar-refractivity contribution in [3.8, 4) is 0 Å². The maximum Gasteiger partial charge on any atom is 0.223 e. The van der Waals surface area contributed by atoms with Crippen molar-refractivity contribution >= 4 is 5.91 Å². The predicted molar refractivity (Wildman–Crippen MR) is 75.0 cm³/mol. The number of nitrogens with zero attached hydrogens (tertiary/aromatic N) is 1. The Morgan fingerprint density at radius 3 is 2.53 bits per heavy atom. The molecule has 0 aromatic heterocycles. The van der Waals surface area contributed by atoms with E-state index in [1.807, 2.05) is 4.90 Å². The number of hydrogen-bond donors (Lipinski definition) is 2. The number of piperidine rings is 1. The maximum atomic E-state index is 12.0. The van der Waals surface area contributed by atoms with Crippen LogP contribution in [0.2, 0.25) is 0 Å². The first-order chi connectivity index (χ1) is 8.92. The standard InChI is InChI=1S/C14H28N2O3/c1-14(2,3)15-7-4-13(18)16-8-5-12(6-9-16)19-11-10-17/h12,15,17H,4-11H2,1-3H3. The minimum absolute atomic E-state index is 0.0609. The van der Waals surface area contributed by atoms with E-state index in [1.54, 1.807) is 0 Å². The number of rotatable bonds is 6. The molecule has 0 aromatic carbocycles. The summed E-state index contributed by atoms with van der Waals surface area (Å²) in [5, 5.41) is 12.0. The first kappa shape index (κ1) is 16.4. The molecule has 1 aliphatic heterocycles. The Balaban J connectivity index is 2.18. The first-order valence-corrected chi connectivity index (χ1v) is 7.17. The average molecular weight is 272 g/mol. The topological polar surface area (TPSA) is 61.8 Å². The number of nitrogens with one attached hydrogen (secondary N) is 1. The zero-order valence-corrected chi connectivity index (χ0v) is 12.4. The molecule has 0 aliphatic carbocycles. The third-order valence-corrected chi connectivity index (χ3v) is 3.23. The van der Waals surface area contributed by atoms with E-state index in [0.717, 1.165) is 32.5 Å². The van der Waals surface area contributed by atoms with Crippen LogP contribution < -0.4 is 5.32 Å². The summed E-state index contributed by atoms with van der Waals surface area (Å²) in [5.74, 6) is 0.220. The van der Waals surface area contributed by atoms with E-state index in [9.17, 15) is 4.79 Å². The Kier molecular flexibility index (Phi) is 6.75. The van der Waals surface area contributed by atoms with Crippen LogP contribution in [0.4, 0.5) is 0 Å². The molecule has 2 N–H and O–H groups in total. The summed E-state index contributed by atoms with van der Waals surface area (Å²) in [6.45, 7) is 9.02. The molecule has 19 heavy (non-hydrogen) atoms. The molecule has 1 heterocycles. The van der Waals surface area contributed by atoms with E-state index in [2.05, 4.69) is 26.1 Å². The molecule has 0 unspecified atom stereocenters. The average Bonchev–Trinajstić information content (AvgIpc) is 2.35. The van der Waals surface area contributed by atoms with Gasteiger partial charge >= 0.3 is 0 Å². The minimum Gasteiger partial charge on any atom is -0.394 e. The molecule has 112 valence electrons. The van der Waals surface area contributed by atoms with Crippen LogP contribution in [0.5, 0.6) is 0 Å². The molecule has 0 atom stereocenters. The van der Waals surface area contributed by atoms with Gasteiger partial charge in [0.05, 0.1) is 19.3 Å². The SMILES string of the molecule is CC(C)(C)NCCC(=O)N1CCC(OCCO)CC1. The number of amides is 1. The van der Waals surface area contributed by atoms with Gasteiger partial charge in [0, 0.05) is 31.6 Å². The van der Waals surface area contributed by atoms with Gasteiger partial charge in [0.1, 0.15) is 0 Å². The number of carbonyl (C=O) groups excluding carboxylic acids is 1. The van der Waals surface area contributed by atoms with Gasteiger partial charge in [-0.2, -0.15) is 0 Å². The van der Waals surface area contributed by atoms with E-state index in [4.69, 9.17) is 9.84 Å². The maximum absolute atomic E-state index is 12.0. The van der Waals surface area contributed by atoms with Gasteiger partial charge < -0.3 is 20.1 Å². The van der Waals surface area contributed by atoms with E-state index in [0.29, 0.717) is 13.0 Å². The molecule has 1 saturated heterocycles. The number of hydrogen-bond acceptors (Lipinski definition) is 4. The molecule has 0 spiro atoms. The summed E-state index contributed by atoms with van der Waals surface area (Å²) in [6, 6.07) is 0. The van der Waals surface area contributed by atoms with Crippen molar-refractivity contribution in [2.75, 3.05) is 32.8 Å². The molecule has 5 heteroatoms. The van der Waals surface area contributed by atoms with Gasteiger partial charge in [-0.3, -0.25) is 4.79 Å². The van der Waals surface area contributed by atoms with Gasteiger partial charge in [-0.05, 0) is 33.6 Å². The third kappa shape index (κ3) is 6.89. The fraction of sp³-hybridized carbons (Fsp3) is 0.929. The zero-order valence-electron chi connectivity index (χ0n) is 12.4. The number of carbonyl (C=O) groups is 1. The lowest BCUT2D eigenvalue weighted by molar-refractivity contribution is -0.133. The normalized spacial score (nSPS) is 17.8. The Morgan fingerprint density at radius 2 is 2.00 bits per heavy atom. The molecule has 0 saturated carbocycles. The number of ether oxygens (including phenoxy) is 1. The van der Waals surface area contributed by atoms with Crippen LogP contribution in [-0.2, 0) is 9.53 Å². The van der Waals surface area contributed by atoms with E-state index < -0.39 is 0 Å². The van der Waals surface area contributed by atoms with Crippen LogP contribution in [0, 0.1) is 0 Å². The molecule has 5 nitrogen and oxygen atoms in total. The Hall–Kier alpha value is -0.650. The lowest BCUT2D eigenvalue weighted by Gasteiger charge is -2.32. The highest BCUT2D eigenvalue weighted by Crippen LogP contribution is 2.14. The molecule has 0 aromatic rings. The van der Waals surface area contributed by atoms with Gasteiger partial charge in [-0.15, -0.1) is 0 Å². The molecule has 1 fully saturated rings. The van der Waals surface area contributed by atoms with Crippen molar-refractivity contribution in [1.29, 1.82) is 0 Å². The molecular formula is C14H28N2O3. The molecule has 1 rings (SSSR count). The number of aliphatic hydroxyl groups excluding tert-OH is 1. The summed E-state index contributed by atoms with van der Waals surface area (Å²) in [6.07, 6.45) is 2.50. The predicted octanol–water partition coefficient (Wildman–Crippen LogP) is 0.765. The highest BCUT2D eigenvalue weighted by Gasteiger charge is 2.23. The van der Waals surface area contributed by atoms with Crippen LogP contribution in [0.25, 0.3) is 0 Å². The second-order valence-corrected chi connectivity index (χ2v) is 6.10. The summed E-state index contributed by atoms with van der Waals surface area (Å²) in [7, 11) is 0.